The summed E-state index contributed by atoms with van der Waals surface area (Å²) in [6, 6.07) is 9.05. The minimum atomic E-state index is 0.998. The highest BCUT2D eigenvalue weighted by Crippen LogP contribution is 2.33. The van der Waals surface area contributed by atoms with Crippen LogP contribution in [0.15, 0.2) is 24.3 Å². The van der Waals surface area contributed by atoms with Crippen molar-refractivity contribution in [3.05, 3.63) is 33.4 Å². The summed E-state index contributed by atoms with van der Waals surface area (Å²) in [5.74, 6) is 2.04. The van der Waals surface area contributed by atoms with E-state index in [1.165, 1.54) is 60.5 Å². The molecule has 0 heterocycles. The zero-order valence-corrected chi connectivity index (χ0v) is 13.7. The molecule has 18 heavy (non-hydrogen) atoms. The van der Waals surface area contributed by atoms with Crippen molar-refractivity contribution in [1.82, 2.24) is 0 Å². The molecule has 0 N–H and O–H groups in total. The second-order valence-electron chi connectivity index (χ2n) is 5.84. The molecule has 1 aliphatic rings. The maximum atomic E-state index is 2.38. The van der Waals surface area contributed by atoms with Crippen LogP contribution in [0, 0.1) is 15.4 Å². The standard InChI is InChI=1S/C17H25I/c1-2-3-14-4-6-15(7-5-14)8-9-16-10-12-17(18)13-11-16/h10-15H,2-9H2,1H3/t14-,15-. The molecule has 0 unspecified atom stereocenters. The second-order valence-corrected chi connectivity index (χ2v) is 7.09. The Balaban J connectivity index is 1.70. The topological polar surface area (TPSA) is 0 Å². The van der Waals surface area contributed by atoms with Gasteiger partial charge >= 0.3 is 0 Å². The monoisotopic (exact) mass is 356 g/mol. The first-order chi connectivity index (χ1) is 8.78. The van der Waals surface area contributed by atoms with Crippen molar-refractivity contribution in [3.8, 4) is 0 Å². The molecule has 0 nitrogen and oxygen atoms in total. The van der Waals surface area contributed by atoms with E-state index in [2.05, 4.69) is 53.8 Å². The Morgan fingerprint density at radius 1 is 0.944 bits per heavy atom. The van der Waals surface area contributed by atoms with Gasteiger partial charge in [0.1, 0.15) is 0 Å². The van der Waals surface area contributed by atoms with Crippen LogP contribution >= 0.6 is 22.6 Å². The fourth-order valence-corrected chi connectivity index (χ4v) is 3.60. The third-order valence-electron chi connectivity index (χ3n) is 4.42. The number of halogens is 1. The van der Waals surface area contributed by atoms with E-state index in [-0.39, 0.29) is 0 Å². The van der Waals surface area contributed by atoms with Gasteiger partial charge in [-0.1, -0.05) is 57.6 Å². The van der Waals surface area contributed by atoms with E-state index in [9.17, 15) is 0 Å². The highest BCUT2D eigenvalue weighted by atomic mass is 127. The van der Waals surface area contributed by atoms with Gasteiger partial charge in [0.2, 0.25) is 0 Å². The lowest BCUT2D eigenvalue weighted by Crippen LogP contribution is -2.15. The molecular weight excluding hydrogens is 331 g/mol. The average molecular weight is 356 g/mol. The van der Waals surface area contributed by atoms with Gasteiger partial charge in [-0.15, -0.1) is 0 Å². The van der Waals surface area contributed by atoms with Crippen LogP contribution in [0.5, 0.6) is 0 Å². The maximum Gasteiger partial charge on any atom is 0.0130 e. The van der Waals surface area contributed by atoms with Crippen molar-refractivity contribution in [3.63, 3.8) is 0 Å². The first kappa shape index (κ1) is 14.4. The smallest absolute Gasteiger partial charge is 0.0130 e. The number of benzene rings is 1. The normalized spacial score (nSPS) is 24.1. The Morgan fingerprint density at radius 3 is 2.06 bits per heavy atom. The van der Waals surface area contributed by atoms with Gasteiger partial charge in [0, 0.05) is 3.57 Å². The van der Waals surface area contributed by atoms with E-state index in [0.717, 1.165) is 11.8 Å². The minimum absolute atomic E-state index is 0.998. The summed E-state index contributed by atoms with van der Waals surface area (Å²) in [6.07, 6.45) is 11.5. The van der Waals surface area contributed by atoms with Crippen molar-refractivity contribution >= 4 is 22.6 Å². The molecule has 1 aromatic carbocycles. The zero-order chi connectivity index (χ0) is 12.8. The van der Waals surface area contributed by atoms with E-state index >= 15 is 0 Å². The van der Waals surface area contributed by atoms with Gasteiger partial charge < -0.3 is 0 Å². The molecule has 0 radical (unpaired) electrons. The molecule has 0 amide bonds. The van der Waals surface area contributed by atoms with Crippen molar-refractivity contribution < 1.29 is 0 Å². The Bertz CT molecular complexity index is 333. The first-order valence-electron chi connectivity index (χ1n) is 7.52. The van der Waals surface area contributed by atoms with E-state index in [1.807, 2.05) is 0 Å². The predicted molar refractivity (Wildman–Crippen MR) is 87.8 cm³/mol. The summed E-state index contributed by atoms with van der Waals surface area (Å²) < 4.78 is 1.34. The summed E-state index contributed by atoms with van der Waals surface area (Å²) in [5.41, 5.74) is 1.52. The lowest BCUT2D eigenvalue weighted by molar-refractivity contribution is 0.252. The SMILES string of the molecule is CCC[C@H]1CC[C@H](CCc2ccc(I)cc2)CC1. The summed E-state index contributed by atoms with van der Waals surface area (Å²) in [6.45, 7) is 2.32. The molecule has 0 bridgehead atoms. The van der Waals surface area contributed by atoms with Crippen LogP contribution in [-0.4, -0.2) is 0 Å². The fourth-order valence-electron chi connectivity index (χ4n) is 3.24. The largest absolute Gasteiger partial charge is 0.0654 e. The van der Waals surface area contributed by atoms with Gasteiger partial charge in [-0.25, -0.2) is 0 Å². The Kier molecular flexibility index (Phi) is 6.00. The summed E-state index contributed by atoms with van der Waals surface area (Å²) in [5, 5.41) is 0. The Labute approximate surface area is 126 Å². The molecule has 100 valence electrons. The highest BCUT2D eigenvalue weighted by molar-refractivity contribution is 14.1. The summed E-state index contributed by atoms with van der Waals surface area (Å²) in [4.78, 5) is 0. The summed E-state index contributed by atoms with van der Waals surface area (Å²) in [7, 11) is 0. The quantitative estimate of drug-likeness (QED) is 0.582. The molecule has 1 aromatic rings. The van der Waals surface area contributed by atoms with Crippen LogP contribution in [0.3, 0.4) is 0 Å². The lowest BCUT2D eigenvalue weighted by Gasteiger charge is -2.28. The highest BCUT2D eigenvalue weighted by Gasteiger charge is 2.20. The molecule has 0 saturated heterocycles. The van der Waals surface area contributed by atoms with Crippen molar-refractivity contribution in [2.45, 2.75) is 58.3 Å². The van der Waals surface area contributed by atoms with Crippen molar-refractivity contribution in [2.24, 2.45) is 11.8 Å². The second kappa shape index (κ2) is 7.52. The molecule has 1 fully saturated rings. The van der Waals surface area contributed by atoms with Gasteiger partial charge in [-0.3, -0.25) is 0 Å². The van der Waals surface area contributed by atoms with Crippen molar-refractivity contribution in [1.29, 1.82) is 0 Å². The third kappa shape index (κ3) is 4.56. The van der Waals surface area contributed by atoms with Crippen LogP contribution in [0.25, 0.3) is 0 Å². The zero-order valence-electron chi connectivity index (χ0n) is 11.5. The van der Waals surface area contributed by atoms with Gasteiger partial charge in [-0.05, 0) is 65.0 Å². The minimum Gasteiger partial charge on any atom is -0.0654 e. The van der Waals surface area contributed by atoms with Crippen molar-refractivity contribution in [2.75, 3.05) is 0 Å². The molecule has 1 saturated carbocycles. The van der Waals surface area contributed by atoms with Crippen LogP contribution in [0.2, 0.25) is 0 Å². The lowest BCUT2D eigenvalue weighted by atomic mass is 9.78. The first-order valence-corrected chi connectivity index (χ1v) is 8.60. The molecule has 1 heteroatoms. The molecule has 0 spiro atoms. The van der Waals surface area contributed by atoms with Gasteiger partial charge in [0.05, 0.1) is 0 Å². The molecule has 0 aromatic heterocycles. The number of hydrogen-bond donors (Lipinski definition) is 0. The molecule has 1 aliphatic carbocycles. The van der Waals surface area contributed by atoms with Crippen LogP contribution < -0.4 is 0 Å². The third-order valence-corrected chi connectivity index (χ3v) is 5.14. The number of rotatable bonds is 5. The van der Waals surface area contributed by atoms with Gasteiger partial charge in [0.15, 0.2) is 0 Å². The molecular formula is C17H25I. The van der Waals surface area contributed by atoms with Crippen LogP contribution in [0.4, 0.5) is 0 Å². The van der Waals surface area contributed by atoms with E-state index in [1.54, 1.807) is 0 Å². The Hall–Kier alpha value is -0.0500. The Morgan fingerprint density at radius 2 is 1.50 bits per heavy atom. The molecule has 0 aliphatic heterocycles. The van der Waals surface area contributed by atoms with E-state index in [0.29, 0.717) is 0 Å². The van der Waals surface area contributed by atoms with Gasteiger partial charge in [0.25, 0.3) is 0 Å². The molecule has 2 rings (SSSR count). The average Bonchev–Trinajstić information content (AvgIpc) is 2.40. The molecule has 0 atom stereocenters. The van der Waals surface area contributed by atoms with Gasteiger partial charge in [-0.2, -0.15) is 0 Å². The van der Waals surface area contributed by atoms with E-state index < -0.39 is 0 Å². The fraction of sp³-hybridized carbons (Fsp3) is 0.647. The van der Waals surface area contributed by atoms with E-state index in [4.69, 9.17) is 0 Å². The number of hydrogen-bond acceptors (Lipinski definition) is 0. The maximum absolute atomic E-state index is 2.38. The summed E-state index contributed by atoms with van der Waals surface area (Å²) >= 11 is 2.38. The predicted octanol–water partition coefficient (Wildman–Crippen LogP) is 5.83. The van der Waals surface area contributed by atoms with Crippen LogP contribution in [0.1, 0.15) is 57.4 Å². The van der Waals surface area contributed by atoms with Crippen LogP contribution in [-0.2, 0) is 6.42 Å². The number of aryl methyl sites for hydroxylation is 1.